The number of hydrogen-bond acceptors (Lipinski definition) is 7. The number of rotatable bonds is 6. The van der Waals surface area contributed by atoms with E-state index in [4.69, 9.17) is 4.98 Å². The van der Waals surface area contributed by atoms with Crippen molar-refractivity contribution in [1.82, 2.24) is 30.7 Å². The molecular weight excluding hydrogens is 498 g/mol. The Kier molecular flexibility index (Phi) is 9.35. The van der Waals surface area contributed by atoms with Gasteiger partial charge in [-0.2, -0.15) is 5.10 Å². The highest BCUT2D eigenvalue weighted by Gasteiger charge is 2.25. The lowest BCUT2D eigenvalue weighted by molar-refractivity contribution is -0.123. The molecule has 2 amide bonds. The molecular formula is C24H34BrN7O2. The predicted molar refractivity (Wildman–Crippen MR) is 137 cm³/mol. The Bertz CT molecular complexity index is 956. The van der Waals surface area contributed by atoms with Crippen LogP contribution in [-0.4, -0.2) is 76.7 Å². The Morgan fingerprint density at radius 1 is 0.971 bits per heavy atom. The third-order valence-electron chi connectivity index (χ3n) is 6.42. The van der Waals surface area contributed by atoms with Crippen molar-refractivity contribution >= 4 is 34.7 Å². The number of hydrogen-bond donors (Lipinski definition) is 2. The van der Waals surface area contributed by atoms with Gasteiger partial charge in [-0.3, -0.25) is 14.5 Å². The molecule has 1 aliphatic carbocycles. The van der Waals surface area contributed by atoms with E-state index in [1.807, 2.05) is 12.1 Å². The summed E-state index contributed by atoms with van der Waals surface area (Å²) in [6, 6.07) is 8.67. The topological polar surface area (TPSA) is 103 Å². The quantitative estimate of drug-likeness (QED) is 0.588. The van der Waals surface area contributed by atoms with Gasteiger partial charge >= 0.3 is 0 Å². The molecule has 1 aliphatic heterocycles. The number of carbonyl (C=O) groups is 2. The van der Waals surface area contributed by atoms with Gasteiger partial charge in [0.1, 0.15) is 0 Å². The number of piperazine rings is 1. The summed E-state index contributed by atoms with van der Waals surface area (Å²) in [6.07, 6.45) is 5.34. The number of halogens is 1. The average Bonchev–Trinajstić information content (AvgIpc) is 2.81. The van der Waals surface area contributed by atoms with Crippen LogP contribution >= 0.6 is 17.0 Å². The fourth-order valence-electron chi connectivity index (χ4n) is 4.54. The molecule has 2 N–H and O–H groups in total. The fraction of sp³-hybridized carbons (Fsp3) is 0.542. The van der Waals surface area contributed by atoms with Crippen LogP contribution < -0.4 is 15.5 Å². The molecule has 2 aromatic rings. The molecule has 0 unspecified atom stereocenters. The van der Waals surface area contributed by atoms with Crippen LogP contribution in [0.3, 0.4) is 0 Å². The lowest BCUT2D eigenvalue weighted by atomic mass is 9.91. The van der Waals surface area contributed by atoms with Gasteiger partial charge in [0.05, 0.1) is 18.4 Å². The van der Waals surface area contributed by atoms with Gasteiger partial charge in [-0.25, -0.2) is 4.98 Å². The maximum absolute atomic E-state index is 12.5. The summed E-state index contributed by atoms with van der Waals surface area (Å²) >= 11 is 0. The molecule has 9 nitrogen and oxygen atoms in total. The van der Waals surface area contributed by atoms with Gasteiger partial charge < -0.3 is 15.5 Å². The van der Waals surface area contributed by atoms with Crippen LogP contribution in [0.5, 0.6) is 0 Å². The Hall–Kier alpha value is -2.59. The van der Waals surface area contributed by atoms with Crippen LogP contribution in [0, 0.1) is 6.92 Å². The molecule has 0 spiro atoms. The second-order valence-corrected chi connectivity index (χ2v) is 9.09. The Morgan fingerprint density at radius 3 is 2.21 bits per heavy atom. The molecule has 0 bridgehead atoms. The molecule has 1 aromatic heterocycles. The number of carbonyl (C=O) groups excluding carboxylic acids is 2. The van der Waals surface area contributed by atoms with Gasteiger partial charge in [0.2, 0.25) is 17.8 Å². The maximum Gasteiger partial charge on any atom is 0.245 e. The first-order valence-electron chi connectivity index (χ1n) is 11.8. The molecule has 10 heteroatoms. The zero-order valence-corrected chi connectivity index (χ0v) is 21.6. The van der Waals surface area contributed by atoms with E-state index in [2.05, 4.69) is 49.7 Å². The van der Waals surface area contributed by atoms with Crippen molar-refractivity contribution in [1.29, 1.82) is 0 Å². The zero-order chi connectivity index (χ0) is 23.2. The van der Waals surface area contributed by atoms with Gasteiger partial charge in [-0.15, -0.1) is 22.1 Å². The first kappa shape index (κ1) is 26.0. The first-order valence-corrected chi connectivity index (χ1v) is 11.8. The van der Waals surface area contributed by atoms with Crippen LogP contribution in [0.25, 0.3) is 11.3 Å². The SMILES string of the molecule is Br.CC(=O)N[C@H]1CC[C@H](NC(=O)CN2CCN(c3nncc(-c4ccc(C)cc4)n3)CC2)CC1. The van der Waals surface area contributed by atoms with E-state index >= 15 is 0 Å². The molecule has 34 heavy (non-hydrogen) atoms. The van der Waals surface area contributed by atoms with Crippen molar-refractivity contribution in [2.24, 2.45) is 0 Å². The summed E-state index contributed by atoms with van der Waals surface area (Å²) in [4.78, 5) is 32.8. The summed E-state index contributed by atoms with van der Waals surface area (Å²) in [5, 5.41) is 14.5. The number of aromatic nitrogens is 3. The average molecular weight is 532 g/mol. The van der Waals surface area contributed by atoms with E-state index in [1.165, 1.54) is 5.56 Å². The number of nitrogens with one attached hydrogen (secondary N) is 2. The van der Waals surface area contributed by atoms with Crippen molar-refractivity contribution in [2.45, 2.75) is 51.6 Å². The lowest BCUT2D eigenvalue weighted by Gasteiger charge is -2.35. The number of nitrogens with zero attached hydrogens (tertiary/aromatic N) is 5. The normalized spacial score (nSPS) is 20.8. The van der Waals surface area contributed by atoms with Crippen molar-refractivity contribution < 1.29 is 9.59 Å². The monoisotopic (exact) mass is 531 g/mol. The summed E-state index contributed by atoms with van der Waals surface area (Å²) < 4.78 is 0. The second kappa shape index (κ2) is 12.2. The summed E-state index contributed by atoms with van der Waals surface area (Å²) in [5.74, 6) is 0.725. The van der Waals surface area contributed by atoms with Crippen molar-refractivity contribution in [3.8, 4) is 11.3 Å². The third-order valence-corrected chi connectivity index (χ3v) is 6.42. The van der Waals surface area contributed by atoms with E-state index in [9.17, 15) is 9.59 Å². The third kappa shape index (κ3) is 7.20. The Labute approximate surface area is 211 Å². The summed E-state index contributed by atoms with van der Waals surface area (Å²) in [5.41, 5.74) is 3.05. The molecule has 2 aliphatic rings. The molecule has 2 fully saturated rings. The second-order valence-electron chi connectivity index (χ2n) is 9.09. The van der Waals surface area contributed by atoms with E-state index in [0.717, 1.165) is 63.1 Å². The maximum atomic E-state index is 12.5. The predicted octanol–water partition coefficient (Wildman–Crippen LogP) is 2.11. The summed E-state index contributed by atoms with van der Waals surface area (Å²) in [6.45, 7) is 7.09. The molecule has 1 saturated heterocycles. The number of amides is 2. The van der Waals surface area contributed by atoms with Crippen LogP contribution in [0.1, 0.15) is 38.2 Å². The van der Waals surface area contributed by atoms with Crippen LogP contribution in [0.4, 0.5) is 5.95 Å². The minimum absolute atomic E-state index is 0. The van der Waals surface area contributed by atoms with E-state index in [1.54, 1.807) is 13.1 Å². The minimum atomic E-state index is 0. The molecule has 2 heterocycles. The molecule has 0 atom stereocenters. The number of anilines is 1. The Balaban J connectivity index is 0.00000324. The van der Waals surface area contributed by atoms with Crippen LogP contribution in [0.15, 0.2) is 30.5 Å². The van der Waals surface area contributed by atoms with E-state index < -0.39 is 0 Å². The van der Waals surface area contributed by atoms with Crippen molar-refractivity contribution in [3.63, 3.8) is 0 Å². The van der Waals surface area contributed by atoms with Crippen molar-refractivity contribution in [2.75, 3.05) is 37.6 Å². The Morgan fingerprint density at radius 2 is 1.59 bits per heavy atom. The molecule has 1 aromatic carbocycles. The molecule has 0 radical (unpaired) electrons. The molecule has 184 valence electrons. The smallest absolute Gasteiger partial charge is 0.245 e. The largest absolute Gasteiger partial charge is 0.354 e. The molecule has 4 rings (SSSR count). The van der Waals surface area contributed by atoms with Gasteiger partial charge in [0, 0.05) is 50.7 Å². The number of aryl methyl sites for hydroxylation is 1. The zero-order valence-electron chi connectivity index (χ0n) is 19.9. The van der Waals surface area contributed by atoms with E-state index in [0.29, 0.717) is 12.5 Å². The lowest BCUT2D eigenvalue weighted by Crippen LogP contribution is -2.51. The highest BCUT2D eigenvalue weighted by atomic mass is 79.9. The van der Waals surface area contributed by atoms with Gasteiger partial charge in [-0.05, 0) is 32.6 Å². The van der Waals surface area contributed by atoms with Gasteiger partial charge in [-0.1, -0.05) is 29.8 Å². The van der Waals surface area contributed by atoms with Gasteiger partial charge in [0.25, 0.3) is 0 Å². The van der Waals surface area contributed by atoms with Crippen LogP contribution in [0.2, 0.25) is 0 Å². The minimum Gasteiger partial charge on any atom is -0.354 e. The van der Waals surface area contributed by atoms with Crippen molar-refractivity contribution in [3.05, 3.63) is 36.0 Å². The highest BCUT2D eigenvalue weighted by molar-refractivity contribution is 8.93. The first-order chi connectivity index (χ1) is 16.0. The number of benzene rings is 1. The standard InChI is InChI=1S/C24H33N7O2.BrH/c1-17-3-5-19(6-4-17)22-15-25-29-24(28-22)31-13-11-30(12-14-31)16-23(33)27-21-9-7-20(8-10-21)26-18(2)32;/h3-6,15,20-21H,7-14,16H2,1-2H3,(H,26,32)(H,27,33);1H/t20-,21-;. The van der Waals surface area contributed by atoms with E-state index in [-0.39, 0.29) is 40.9 Å². The fourth-order valence-corrected chi connectivity index (χ4v) is 4.54. The molecule has 1 saturated carbocycles. The highest BCUT2D eigenvalue weighted by Crippen LogP contribution is 2.20. The van der Waals surface area contributed by atoms with Crippen LogP contribution in [-0.2, 0) is 9.59 Å². The summed E-state index contributed by atoms with van der Waals surface area (Å²) in [7, 11) is 0. The van der Waals surface area contributed by atoms with Gasteiger partial charge in [0.15, 0.2) is 0 Å².